The number of methoxy groups -OCH3 is 1. The van der Waals surface area contributed by atoms with Crippen LogP contribution in [-0.2, 0) is 16.5 Å². The zero-order chi connectivity index (χ0) is 16.2. The van der Waals surface area contributed by atoms with Gasteiger partial charge in [0, 0.05) is 43.8 Å². The van der Waals surface area contributed by atoms with E-state index in [1.807, 2.05) is 36.0 Å². The van der Waals surface area contributed by atoms with Gasteiger partial charge in [0.15, 0.2) is 0 Å². The van der Waals surface area contributed by atoms with Gasteiger partial charge >= 0.3 is 5.97 Å². The first-order valence-electron chi connectivity index (χ1n) is 7.79. The molecule has 0 N–H and O–H groups in total. The van der Waals surface area contributed by atoms with E-state index in [4.69, 9.17) is 14.2 Å². The minimum Gasteiger partial charge on any atom is -0.491 e. The maximum Gasteiger partial charge on any atom is 0.341 e. The Morgan fingerprint density at radius 2 is 2.09 bits per heavy atom. The van der Waals surface area contributed by atoms with Crippen molar-refractivity contribution in [3.05, 3.63) is 30.0 Å². The summed E-state index contributed by atoms with van der Waals surface area (Å²) in [6, 6.07) is 5.73. The molecule has 2 heterocycles. The van der Waals surface area contributed by atoms with Crippen LogP contribution in [0.2, 0.25) is 0 Å². The molecule has 2 aromatic rings. The molecule has 1 aromatic heterocycles. The van der Waals surface area contributed by atoms with Gasteiger partial charge in [0.2, 0.25) is 0 Å². The lowest BCUT2D eigenvalue weighted by atomic mass is 10.1. The van der Waals surface area contributed by atoms with Crippen LogP contribution in [-0.4, -0.2) is 62.0 Å². The van der Waals surface area contributed by atoms with Gasteiger partial charge in [0.1, 0.15) is 17.9 Å². The average molecular weight is 318 g/mol. The van der Waals surface area contributed by atoms with Crippen LogP contribution in [0.1, 0.15) is 10.4 Å². The number of hydrogen-bond acceptors (Lipinski definition) is 5. The quantitative estimate of drug-likeness (QED) is 0.785. The molecular weight excluding hydrogens is 296 g/mol. The number of ether oxygens (including phenoxy) is 3. The van der Waals surface area contributed by atoms with Gasteiger partial charge in [0.25, 0.3) is 0 Å². The van der Waals surface area contributed by atoms with Gasteiger partial charge in [0.05, 0.1) is 20.3 Å². The summed E-state index contributed by atoms with van der Waals surface area (Å²) in [5.74, 6) is 0.193. The Morgan fingerprint density at radius 3 is 2.83 bits per heavy atom. The van der Waals surface area contributed by atoms with Gasteiger partial charge in [-0.15, -0.1) is 0 Å². The highest BCUT2D eigenvalue weighted by molar-refractivity contribution is 5.98. The number of esters is 1. The first kappa shape index (κ1) is 15.8. The van der Waals surface area contributed by atoms with E-state index in [0.717, 1.165) is 43.8 Å². The number of aryl methyl sites for hydroxylation is 1. The zero-order valence-corrected chi connectivity index (χ0v) is 13.6. The Morgan fingerprint density at radius 1 is 1.30 bits per heavy atom. The molecule has 0 atom stereocenters. The fraction of sp³-hybridized carbons (Fsp3) is 0.471. The van der Waals surface area contributed by atoms with Crippen molar-refractivity contribution in [3.63, 3.8) is 0 Å². The maximum absolute atomic E-state index is 12.0. The van der Waals surface area contributed by atoms with Crippen molar-refractivity contribution < 1.29 is 19.0 Å². The van der Waals surface area contributed by atoms with Crippen molar-refractivity contribution in [2.75, 3.05) is 46.6 Å². The zero-order valence-electron chi connectivity index (χ0n) is 13.6. The van der Waals surface area contributed by atoms with Crippen molar-refractivity contribution >= 4 is 16.9 Å². The summed E-state index contributed by atoms with van der Waals surface area (Å²) in [4.78, 5) is 14.3. The number of rotatable bonds is 5. The molecular formula is C17H22N2O4. The second-order valence-electron chi connectivity index (χ2n) is 5.63. The molecule has 0 unspecified atom stereocenters. The predicted octanol–water partition coefficient (Wildman–Crippen LogP) is 1.68. The van der Waals surface area contributed by atoms with Crippen molar-refractivity contribution in [1.82, 2.24) is 9.47 Å². The lowest BCUT2D eigenvalue weighted by molar-refractivity contribution is 0.0321. The van der Waals surface area contributed by atoms with Crippen molar-refractivity contribution in [1.29, 1.82) is 0 Å². The normalized spacial score (nSPS) is 15.7. The summed E-state index contributed by atoms with van der Waals surface area (Å²) < 4.78 is 18.1. The van der Waals surface area contributed by atoms with E-state index in [2.05, 4.69) is 4.90 Å². The van der Waals surface area contributed by atoms with Crippen LogP contribution < -0.4 is 4.74 Å². The Labute approximate surface area is 135 Å². The summed E-state index contributed by atoms with van der Waals surface area (Å²) in [5.41, 5.74) is 1.44. The van der Waals surface area contributed by atoms with E-state index < -0.39 is 0 Å². The van der Waals surface area contributed by atoms with E-state index >= 15 is 0 Å². The number of nitrogens with zero attached hydrogens (tertiary/aromatic N) is 2. The van der Waals surface area contributed by atoms with Gasteiger partial charge in [-0.05, 0) is 18.2 Å². The topological polar surface area (TPSA) is 52.9 Å². The number of fused-ring (bicyclic) bond motifs is 1. The number of morpholine rings is 1. The van der Waals surface area contributed by atoms with Gasteiger partial charge in [-0.1, -0.05) is 0 Å². The highest BCUT2D eigenvalue weighted by Gasteiger charge is 2.17. The fourth-order valence-electron chi connectivity index (χ4n) is 2.79. The summed E-state index contributed by atoms with van der Waals surface area (Å²) >= 11 is 0. The van der Waals surface area contributed by atoms with Crippen molar-refractivity contribution in [2.24, 2.45) is 7.05 Å². The summed E-state index contributed by atoms with van der Waals surface area (Å²) in [6.45, 7) is 4.72. The molecule has 1 aliphatic rings. The van der Waals surface area contributed by atoms with Crippen LogP contribution in [0, 0.1) is 0 Å². The van der Waals surface area contributed by atoms with Crippen LogP contribution in [0.25, 0.3) is 10.9 Å². The first-order chi connectivity index (χ1) is 11.2. The highest BCUT2D eigenvalue weighted by Crippen LogP contribution is 2.27. The number of carbonyl (C=O) groups excluding carboxylic acids is 1. The van der Waals surface area contributed by atoms with E-state index in [-0.39, 0.29) is 5.97 Å². The molecule has 1 saturated heterocycles. The molecule has 6 heteroatoms. The molecule has 0 amide bonds. The lowest BCUT2D eigenvalue weighted by Crippen LogP contribution is -2.38. The number of carbonyl (C=O) groups is 1. The Balaban J connectivity index is 1.76. The van der Waals surface area contributed by atoms with Crippen LogP contribution in [0.5, 0.6) is 5.75 Å². The Kier molecular flexibility index (Phi) is 4.83. The standard InChI is InChI=1S/C17H22N2O4/c1-18-4-3-13-11-16(14(12-15(13)18)17(20)21-2)23-10-7-19-5-8-22-9-6-19/h3-4,11-12H,5-10H2,1-2H3. The van der Waals surface area contributed by atoms with Gasteiger partial charge in [-0.3, -0.25) is 4.90 Å². The smallest absolute Gasteiger partial charge is 0.341 e. The summed E-state index contributed by atoms with van der Waals surface area (Å²) in [7, 11) is 3.33. The molecule has 23 heavy (non-hydrogen) atoms. The number of hydrogen-bond donors (Lipinski definition) is 0. The predicted molar refractivity (Wildman–Crippen MR) is 87.0 cm³/mol. The third kappa shape index (κ3) is 3.48. The molecule has 3 rings (SSSR count). The molecule has 6 nitrogen and oxygen atoms in total. The van der Waals surface area contributed by atoms with E-state index in [9.17, 15) is 4.79 Å². The summed E-state index contributed by atoms with van der Waals surface area (Å²) in [6.07, 6.45) is 1.96. The van der Waals surface area contributed by atoms with Crippen molar-refractivity contribution in [2.45, 2.75) is 0 Å². The molecule has 0 saturated carbocycles. The Hall–Kier alpha value is -2.05. The van der Waals surface area contributed by atoms with Crippen LogP contribution in [0.15, 0.2) is 24.4 Å². The molecule has 124 valence electrons. The van der Waals surface area contributed by atoms with Gasteiger partial charge < -0.3 is 18.8 Å². The molecule has 1 fully saturated rings. The van der Waals surface area contributed by atoms with E-state index in [0.29, 0.717) is 17.9 Å². The monoisotopic (exact) mass is 318 g/mol. The number of aromatic nitrogens is 1. The van der Waals surface area contributed by atoms with E-state index in [1.165, 1.54) is 7.11 Å². The average Bonchev–Trinajstić information content (AvgIpc) is 2.95. The Bertz CT molecular complexity index is 689. The van der Waals surface area contributed by atoms with E-state index in [1.54, 1.807) is 0 Å². The van der Waals surface area contributed by atoms with Gasteiger partial charge in [-0.25, -0.2) is 4.79 Å². The minimum absolute atomic E-state index is 0.380. The second kappa shape index (κ2) is 7.02. The molecule has 0 spiro atoms. The fourth-order valence-corrected chi connectivity index (χ4v) is 2.79. The molecule has 0 aliphatic carbocycles. The van der Waals surface area contributed by atoms with Gasteiger partial charge in [-0.2, -0.15) is 0 Å². The van der Waals surface area contributed by atoms with Crippen LogP contribution >= 0.6 is 0 Å². The van der Waals surface area contributed by atoms with Crippen LogP contribution in [0.4, 0.5) is 0 Å². The minimum atomic E-state index is -0.380. The molecule has 1 aliphatic heterocycles. The third-order valence-electron chi connectivity index (χ3n) is 4.16. The SMILES string of the molecule is COC(=O)c1cc2c(ccn2C)cc1OCCN1CCOCC1. The van der Waals surface area contributed by atoms with Crippen LogP contribution in [0.3, 0.4) is 0 Å². The third-order valence-corrected chi connectivity index (χ3v) is 4.16. The molecule has 0 bridgehead atoms. The molecule has 0 radical (unpaired) electrons. The summed E-state index contributed by atoms with van der Waals surface area (Å²) in [5, 5.41) is 1.04. The van der Waals surface area contributed by atoms with Crippen molar-refractivity contribution in [3.8, 4) is 5.75 Å². The largest absolute Gasteiger partial charge is 0.491 e. The maximum atomic E-state index is 12.0. The lowest BCUT2D eigenvalue weighted by Gasteiger charge is -2.26. The molecule has 1 aromatic carbocycles. The number of benzene rings is 1. The first-order valence-corrected chi connectivity index (χ1v) is 7.79. The second-order valence-corrected chi connectivity index (χ2v) is 5.63. The highest BCUT2D eigenvalue weighted by atomic mass is 16.5.